The van der Waals surface area contributed by atoms with Crippen LogP contribution >= 0.6 is 11.9 Å². The molecule has 0 heterocycles. The lowest BCUT2D eigenvalue weighted by atomic mass is 10.2. The lowest BCUT2D eigenvalue weighted by Crippen LogP contribution is -2.13. The highest BCUT2D eigenvalue weighted by atomic mass is 32.2. The third kappa shape index (κ3) is 3.63. The zero-order valence-electron chi connectivity index (χ0n) is 8.44. The van der Waals surface area contributed by atoms with E-state index in [1.165, 1.54) is 6.92 Å². The van der Waals surface area contributed by atoms with Crippen molar-refractivity contribution in [3.63, 3.8) is 0 Å². The number of ether oxygens (including phenoxy) is 1. The molecule has 0 saturated carbocycles. The van der Waals surface area contributed by atoms with Crippen LogP contribution in [0.15, 0.2) is 24.3 Å². The lowest BCUT2D eigenvalue weighted by molar-refractivity contribution is -0.117. The highest BCUT2D eigenvalue weighted by molar-refractivity contribution is 8.12. The van der Waals surface area contributed by atoms with Gasteiger partial charge in [0.1, 0.15) is 5.75 Å². The number of methoxy groups -OCH3 is 1. The molecule has 0 atom stereocenters. The topological polar surface area (TPSA) is 55.4 Å². The summed E-state index contributed by atoms with van der Waals surface area (Å²) in [6.07, 6.45) is 0. The van der Waals surface area contributed by atoms with Crippen LogP contribution in [0.25, 0.3) is 0 Å². The SMILES string of the molecule is COc1ccc(C(=O)SNC(C)=O)cc1. The van der Waals surface area contributed by atoms with Gasteiger partial charge >= 0.3 is 0 Å². The van der Waals surface area contributed by atoms with Gasteiger partial charge in [0.2, 0.25) is 11.0 Å². The van der Waals surface area contributed by atoms with Gasteiger partial charge in [-0.15, -0.1) is 0 Å². The Bertz CT molecular complexity index is 361. The van der Waals surface area contributed by atoms with Crippen LogP contribution in [0.1, 0.15) is 17.3 Å². The lowest BCUT2D eigenvalue weighted by Gasteiger charge is -2.02. The van der Waals surface area contributed by atoms with Gasteiger partial charge in [0.05, 0.1) is 7.11 Å². The molecule has 80 valence electrons. The predicted octanol–water partition coefficient (Wildman–Crippen LogP) is 1.62. The fourth-order valence-electron chi connectivity index (χ4n) is 0.904. The van der Waals surface area contributed by atoms with Gasteiger partial charge in [-0.3, -0.25) is 14.3 Å². The number of carbonyl (C=O) groups is 2. The molecule has 1 aromatic rings. The molecule has 0 spiro atoms. The largest absolute Gasteiger partial charge is 0.497 e. The van der Waals surface area contributed by atoms with Crippen LogP contribution in [0.2, 0.25) is 0 Å². The first-order valence-corrected chi connectivity index (χ1v) is 5.07. The average Bonchev–Trinajstić information content (AvgIpc) is 2.26. The number of carbonyl (C=O) groups excluding carboxylic acids is 2. The van der Waals surface area contributed by atoms with Crippen molar-refractivity contribution in [2.24, 2.45) is 0 Å². The molecule has 0 bridgehead atoms. The number of hydrogen-bond donors (Lipinski definition) is 1. The summed E-state index contributed by atoms with van der Waals surface area (Å²) in [5.41, 5.74) is 0.523. The highest BCUT2D eigenvalue weighted by Crippen LogP contribution is 2.14. The van der Waals surface area contributed by atoms with Gasteiger partial charge in [-0.2, -0.15) is 0 Å². The Balaban J connectivity index is 2.62. The molecule has 0 aliphatic rings. The van der Waals surface area contributed by atoms with Gasteiger partial charge in [-0.05, 0) is 24.3 Å². The monoisotopic (exact) mass is 225 g/mol. The van der Waals surface area contributed by atoms with E-state index < -0.39 is 0 Å². The summed E-state index contributed by atoms with van der Waals surface area (Å²) >= 11 is 0.772. The number of rotatable bonds is 2. The summed E-state index contributed by atoms with van der Waals surface area (Å²) in [5.74, 6) is 0.443. The summed E-state index contributed by atoms with van der Waals surface area (Å²) < 4.78 is 7.33. The summed E-state index contributed by atoms with van der Waals surface area (Å²) in [6.45, 7) is 1.36. The third-order valence-electron chi connectivity index (χ3n) is 1.61. The van der Waals surface area contributed by atoms with Crippen LogP contribution in [0.4, 0.5) is 0 Å². The van der Waals surface area contributed by atoms with Crippen molar-refractivity contribution in [3.05, 3.63) is 29.8 Å². The van der Waals surface area contributed by atoms with Crippen LogP contribution in [0.3, 0.4) is 0 Å². The Morgan fingerprint density at radius 2 is 1.87 bits per heavy atom. The molecule has 1 rings (SSSR count). The Morgan fingerprint density at radius 1 is 1.27 bits per heavy atom. The molecule has 0 unspecified atom stereocenters. The second kappa shape index (κ2) is 5.41. The maximum atomic E-state index is 11.5. The van der Waals surface area contributed by atoms with Gasteiger partial charge in [0.25, 0.3) is 0 Å². The quantitative estimate of drug-likeness (QED) is 0.777. The van der Waals surface area contributed by atoms with Gasteiger partial charge < -0.3 is 4.74 Å². The second-order valence-corrected chi connectivity index (χ2v) is 3.56. The Hall–Kier alpha value is -1.49. The van der Waals surface area contributed by atoms with Crippen LogP contribution in [-0.2, 0) is 4.79 Å². The Morgan fingerprint density at radius 3 is 2.33 bits per heavy atom. The fourth-order valence-corrected chi connectivity index (χ4v) is 1.39. The molecule has 1 N–H and O–H groups in total. The van der Waals surface area contributed by atoms with Gasteiger partial charge in [-0.1, -0.05) is 0 Å². The van der Waals surface area contributed by atoms with E-state index in [4.69, 9.17) is 4.74 Å². The maximum absolute atomic E-state index is 11.5. The van der Waals surface area contributed by atoms with Crippen LogP contribution < -0.4 is 9.46 Å². The standard InChI is InChI=1S/C10H11NO3S/c1-7(12)11-15-10(13)8-3-5-9(14-2)6-4-8/h3-6H,1-2H3,(H,11,12). The normalized spacial score (nSPS) is 9.47. The molecule has 0 fully saturated rings. The van der Waals surface area contributed by atoms with E-state index in [0.29, 0.717) is 11.3 Å². The van der Waals surface area contributed by atoms with Crippen molar-refractivity contribution >= 4 is 23.0 Å². The van der Waals surface area contributed by atoms with E-state index in [-0.39, 0.29) is 11.0 Å². The van der Waals surface area contributed by atoms with Crippen molar-refractivity contribution in [2.45, 2.75) is 6.92 Å². The average molecular weight is 225 g/mol. The van der Waals surface area contributed by atoms with Gasteiger partial charge in [-0.25, -0.2) is 0 Å². The molecular weight excluding hydrogens is 214 g/mol. The van der Waals surface area contributed by atoms with E-state index in [1.54, 1.807) is 31.4 Å². The fraction of sp³-hybridized carbons (Fsp3) is 0.200. The van der Waals surface area contributed by atoms with Crippen LogP contribution in [0.5, 0.6) is 5.75 Å². The van der Waals surface area contributed by atoms with Crippen molar-refractivity contribution < 1.29 is 14.3 Å². The van der Waals surface area contributed by atoms with E-state index in [1.807, 2.05) is 0 Å². The van der Waals surface area contributed by atoms with E-state index in [9.17, 15) is 9.59 Å². The van der Waals surface area contributed by atoms with Crippen molar-refractivity contribution in [1.82, 2.24) is 4.72 Å². The minimum atomic E-state index is -0.248. The predicted molar refractivity (Wildman–Crippen MR) is 58.7 cm³/mol. The Kier molecular flexibility index (Phi) is 4.17. The molecule has 0 radical (unpaired) electrons. The zero-order valence-corrected chi connectivity index (χ0v) is 9.26. The smallest absolute Gasteiger partial charge is 0.239 e. The van der Waals surface area contributed by atoms with E-state index >= 15 is 0 Å². The molecular formula is C10H11NO3S. The first-order valence-electron chi connectivity index (χ1n) is 4.25. The zero-order chi connectivity index (χ0) is 11.3. The minimum absolute atomic E-state index is 0.201. The maximum Gasteiger partial charge on any atom is 0.239 e. The molecule has 1 amide bonds. The Labute approximate surface area is 92.1 Å². The number of hydrogen-bond acceptors (Lipinski definition) is 4. The first-order chi connectivity index (χ1) is 7.13. The highest BCUT2D eigenvalue weighted by Gasteiger charge is 2.07. The van der Waals surface area contributed by atoms with E-state index in [2.05, 4.69) is 4.72 Å². The van der Waals surface area contributed by atoms with E-state index in [0.717, 1.165) is 11.9 Å². The second-order valence-electron chi connectivity index (χ2n) is 2.78. The summed E-state index contributed by atoms with van der Waals surface area (Å²) in [4.78, 5) is 22.0. The molecule has 0 aliphatic carbocycles. The van der Waals surface area contributed by atoms with Crippen molar-refractivity contribution in [3.8, 4) is 5.75 Å². The first kappa shape index (κ1) is 11.6. The minimum Gasteiger partial charge on any atom is -0.497 e. The molecule has 0 aliphatic heterocycles. The van der Waals surface area contributed by atoms with Crippen LogP contribution in [0, 0.1) is 0 Å². The molecule has 5 heteroatoms. The molecule has 0 saturated heterocycles. The van der Waals surface area contributed by atoms with Gasteiger partial charge in [0.15, 0.2) is 0 Å². The summed E-state index contributed by atoms with van der Waals surface area (Å²) in [6, 6.07) is 6.69. The third-order valence-corrected chi connectivity index (χ3v) is 2.42. The van der Waals surface area contributed by atoms with Crippen molar-refractivity contribution in [2.75, 3.05) is 7.11 Å². The number of amides is 1. The molecule has 0 aromatic heterocycles. The number of benzene rings is 1. The number of nitrogens with one attached hydrogen (secondary N) is 1. The van der Waals surface area contributed by atoms with Crippen LogP contribution in [-0.4, -0.2) is 18.1 Å². The molecule has 1 aromatic carbocycles. The summed E-state index contributed by atoms with van der Waals surface area (Å²) in [5, 5.41) is -0.201. The molecule has 15 heavy (non-hydrogen) atoms. The molecule has 4 nitrogen and oxygen atoms in total. The van der Waals surface area contributed by atoms with Gasteiger partial charge in [0, 0.05) is 24.4 Å². The summed E-state index contributed by atoms with van der Waals surface area (Å²) in [7, 11) is 1.56. The van der Waals surface area contributed by atoms with Crippen molar-refractivity contribution in [1.29, 1.82) is 0 Å².